The van der Waals surface area contributed by atoms with Crippen molar-refractivity contribution in [1.82, 2.24) is 0 Å². The fourth-order valence-electron chi connectivity index (χ4n) is 2.93. The number of amides is 2. The van der Waals surface area contributed by atoms with Crippen molar-refractivity contribution in [3.63, 3.8) is 0 Å². The maximum atomic E-state index is 12.9. The van der Waals surface area contributed by atoms with E-state index in [1.165, 1.54) is 0 Å². The molecule has 0 saturated carbocycles. The van der Waals surface area contributed by atoms with Gasteiger partial charge in [0.05, 0.1) is 12.2 Å². The molecule has 0 spiro atoms. The minimum atomic E-state index is -0.338. The van der Waals surface area contributed by atoms with Crippen LogP contribution in [-0.4, -0.2) is 39.2 Å². The smallest absolute Gasteiger partial charge is 0.259 e. The Bertz CT molecular complexity index is 1060. The Morgan fingerprint density at radius 2 is 1.74 bits per heavy atom. The van der Waals surface area contributed by atoms with E-state index >= 15 is 0 Å². The molecule has 0 aliphatic heterocycles. The molecule has 1 N–H and O–H groups in total. The number of nitrogens with one attached hydrogen (secondary N) is 1. The minimum absolute atomic E-state index is 0.173. The lowest BCUT2D eigenvalue weighted by Gasteiger charge is -2.18. The molecule has 7 heteroatoms. The Labute approximate surface area is 189 Å². The second-order valence-corrected chi connectivity index (χ2v) is 7.63. The number of rotatable bonds is 8. The van der Waals surface area contributed by atoms with Gasteiger partial charge in [-0.05, 0) is 48.5 Å². The molecule has 0 heterocycles. The van der Waals surface area contributed by atoms with E-state index in [0.717, 1.165) is 10.2 Å². The zero-order chi connectivity index (χ0) is 22.2. The van der Waals surface area contributed by atoms with Crippen LogP contribution in [0.4, 0.5) is 11.4 Å². The van der Waals surface area contributed by atoms with Crippen molar-refractivity contribution in [2.45, 2.75) is 0 Å². The Kier molecular flexibility index (Phi) is 7.81. The van der Waals surface area contributed by atoms with Crippen molar-refractivity contribution in [3.8, 4) is 5.75 Å². The van der Waals surface area contributed by atoms with Gasteiger partial charge >= 0.3 is 0 Å². The molecule has 0 fully saturated rings. The number of para-hydroxylation sites is 1. The van der Waals surface area contributed by atoms with Crippen molar-refractivity contribution in [2.75, 3.05) is 37.6 Å². The van der Waals surface area contributed by atoms with Gasteiger partial charge in [-0.15, -0.1) is 0 Å². The predicted octanol–water partition coefficient (Wildman–Crippen LogP) is 5.00. The van der Waals surface area contributed by atoms with Gasteiger partial charge in [-0.25, -0.2) is 0 Å². The Morgan fingerprint density at radius 1 is 0.968 bits per heavy atom. The van der Waals surface area contributed by atoms with Gasteiger partial charge in [-0.1, -0.05) is 40.2 Å². The van der Waals surface area contributed by atoms with E-state index in [-0.39, 0.29) is 11.8 Å². The molecule has 31 heavy (non-hydrogen) atoms. The third kappa shape index (κ3) is 5.93. The molecule has 0 radical (unpaired) electrons. The normalized spacial score (nSPS) is 10.4. The molecule has 2 amide bonds. The number of carbonyl (C=O) groups is 2. The van der Waals surface area contributed by atoms with Crippen LogP contribution in [0.1, 0.15) is 20.7 Å². The Morgan fingerprint density at radius 3 is 2.48 bits per heavy atom. The highest BCUT2D eigenvalue weighted by atomic mass is 79.9. The molecule has 0 unspecified atom stereocenters. The van der Waals surface area contributed by atoms with Gasteiger partial charge < -0.3 is 19.7 Å². The third-order valence-electron chi connectivity index (χ3n) is 4.55. The van der Waals surface area contributed by atoms with Gasteiger partial charge in [0.2, 0.25) is 0 Å². The summed E-state index contributed by atoms with van der Waals surface area (Å²) in [5.41, 5.74) is 2.15. The second-order valence-electron chi connectivity index (χ2n) is 6.72. The molecule has 160 valence electrons. The molecule has 3 rings (SSSR count). The zero-order valence-electron chi connectivity index (χ0n) is 17.3. The van der Waals surface area contributed by atoms with Gasteiger partial charge in [0.25, 0.3) is 11.8 Å². The fraction of sp³-hybridized carbons (Fsp3) is 0.167. The maximum absolute atomic E-state index is 12.9. The van der Waals surface area contributed by atoms with E-state index in [0.29, 0.717) is 35.8 Å². The summed E-state index contributed by atoms with van der Waals surface area (Å²) in [7, 11) is 3.30. The van der Waals surface area contributed by atoms with Crippen LogP contribution in [0.15, 0.2) is 77.3 Å². The number of benzene rings is 3. The van der Waals surface area contributed by atoms with Gasteiger partial charge in [0.15, 0.2) is 0 Å². The summed E-state index contributed by atoms with van der Waals surface area (Å²) in [6, 6.07) is 21.4. The van der Waals surface area contributed by atoms with Crippen LogP contribution in [0, 0.1) is 0 Å². The zero-order valence-corrected chi connectivity index (χ0v) is 18.9. The van der Waals surface area contributed by atoms with Crippen LogP contribution >= 0.6 is 15.9 Å². The van der Waals surface area contributed by atoms with Gasteiger partial charge in [-0.3, -0.25) is 9.59 Å². The van der Waals surface area contributed by atoms with Crippen molar-refractivity contribution in [3.05, 3.63) is 88.4 Å². The summed E-state index contributed by atoms with van der Waals surface area (Å²) in [6.45, 7) is 0.741. The molecule has 3 aromatic carbocycles. The van der Waals surface area contributed by atoms with Gasteiger partial charge in [-0.2, -0.15) is 0 Å². The number of carbonyl (C=O) groups excluding carboxylic acids is 2. The van der Waals surface area contributed by atoms with E-state index in [4.69, 9.17) is 9.47 Å². The van der Waals surface area contributed by atoms with E-state index in [1.54, 1.807) is 61.5 Å². The van der Waals surface area contributed by atoms with Crippen molar-refractivity contribution < 1.29 is 19.1 Å². The van der Waals surface area contributed by atoms with E-state index in [1.807, 2.05) is 30.3 Å². The van der Waals surface area contributed by atoms with Gasteiger partial charge in [0.1, 0.15) is 12.4 Å². The predicted molar refractivity (Wildman–Crippen MR) is 125 cm³/mol. The monoisotopic (exact) mass is 482 g/mol. The quantitative estimate of drug-likeness (QED) is 0.458. The van der Waals surface area contributed by atoms with E-state index < -0.39 is 0 Å². The summed E-state index contributed by atoms with van der Waals surface area (Å²) in [6.07, 6.45) is 0. The SMILES string of the molecule is COCCOc1ccc(Br)cc1C(=O)Nc1cccc(C(=O)N(C)c2ccccc2)c1. The summed E-state index contributed by atoms with van der Waals surface area (Å²) in [5, 5.41) is 2.85. The molecular formula is C24H23BrN2O4. The van der Waals surface area contributed by atoms with E-state index in [9.17, 15) is 9.59 Å². The molecule has 6 nitrogen and oxygen atoms in total. The molecule has 0 saturated heterocycles. The van der Waals surface area contributed by atoms with Crippen molar-refractivity contribution in [1.29, 1.82) is 0 Å². The fourth-order valence-corrected chi connectivity index (χ4v) is 3.29. The number of hydrogen-bond acceptors (Lipinski definition) is 4. The average Bonchev–Trinajstić information content (AvgIpc) is 2.80. The molecule has 0 bridgehead atoms. The summed E-state index contributed by atoms with van der Waals surface area (Å²) in [5.74, 6) is -0.0585. The maximum Gasteiger partial charge on any atom is 0.259 e. The molecule has 0 aromatic heterocycles. The van der Waals surface area contributed by atoms with Crippen LogP contribution < -0.4 is 15.0 Å². The lowest BCUT2D eigenvalue weighted by molar-refractivity contribution is 0.0989. The highest BCUT2D eigenvalue weighted by Crippen LogP contribution is 2.25. The standard InChI is InChI=1S/C24H23BrN2O4/c1-27(20-9-4-3-5-10-20)24(29)17-7-6-8-19(15-17)26-23(28)21-16-18(25)11-12-22(21)31-14-13-30-2/h3-12,15-16H,13-14H2,1-2H3,(H,26,28). The molecule has 3 aromatic rings. The van der Waals surface area contributed by atoms with E-state index in [2.05, 4.69) is 21.2 Å². The van der Waals surface area contributed by atoms with Crippen molar-refractivity contribution >= 4 is 39.1 Å². The van der Waals surface area contributed by atoms with Crippen LogP contribution in [0.5, 0.6) is 5.75 Å². The molecule has 0 atom stereocenters. The van der Waals surface area contributed by atoms with Crippen LogP contribution in [-0.2, 0) is 4.74 Å². The van der Waals surface area contributed by atoms with Crippen LogP contribution in [0.3, 0.4) is 0 Å². The second kappa shape index (κ2) is 10.7. The lowest BCUT2D eigenvalue weighted by Crippen LogP contribution is -2.26. The molecule has 0 aliphatic rings. The summed E-state index contributed by atoms with van der Waals surface area (Å²) < 4.78 is 11.4. The van der Waals surface area contributed by atoms with Crippen molar-refractivity contribution in [2.24, 2.45) is 0 Å². The third-order valence-corrected chi connectivity index (χ3v) is 5.04. The van der Waals surface area contributed by atoms with Crippen LogP contribution in [0.25, 0.3) is 0 Å². The Balaban J connectivity index is 1.77. The van der Waals surface area contributed by atoms with Gasteiger partial charge in [0, 0.05) is 35.6 Å². The number of halogens is 1. The topological polar surface area (TPSA) is 67.9 Å². The number of ether oxygens (including phenoxy) is 2. The molecular weight excluding hydrogens is 460 g/mol. The first-order valence-corrected chi connectivity index (χ1v) is 10.4. The number of nitrogens with zero attached hydrogens (tertiary/aromatic N) is 1. The number of anilines is 2. The first-order valence-electron chi connectivity index (χ1n) is 9.65. The lowest BCUT2D eigenvalue weighted by atomic mass is 10.1. The number of methoxy groups -OCH3 is 1. The van der Waals surface area contributed by atoms with Crippen LogP contribution in [0.2, 0.25) is 0 Å². The highest BCUT2D eigenvalue weighted by Gasteiger charge is 2.17. The minimum Gasteiger partial charge on any atom is -0.490 e. The first-order chi connectivity index (χ1) is 15.0. The largest absolute Gasteiger partial charge is 0.490 e. The average molecular weight is 483 g/mol. The first kappa shape index (κ1) is 22.5. The molecule has 0 aliphatic carbocycles. The summed E-state index contributed by atoms with van der Waals surface area (Å²) in [4.78, 5) is 27.4. The summed E-state index contributed by atoms with van der Waals surface area (Å²) >= 11 is 3.39. The Hall–Kier alpha value is -3.16. The number of hydrogen-bond donors (Lipinski definition) is 1. The highest BCUT2D eigenvalue weighted by molar-refractivity contribution is 9.10.